The fourth-order valence-corrected chi connectivity index (χ4v) is 4.20. The molecule has 0 aliphatic carbocycles. The third kappa shape index (κ3) is 3.04. The fourth-order valence-electron chi connectivity index (χ4n) is 3.61. The van der Waals surface area contributed by atoms with Crippen molar-refractivity contribution in [2.45, 2.75) is 25.7 Å². The van der Waals surface area contributed by atoms with E-state index in [0.29, 0.717) is 5.56 Å². The number of fused-ring (bicyclic) bond motifs is 1. The first kappa shape index (κ1) is 17.5. The van der Waals surface area contributed by atoms with Crippen LogP contribution in [0.3, 0.4) is 0 Å². The largest absolute Gasteiger partial charge is 0.342 e. The van der Waals surface area contributed by atoms with Gasteiger partial charge in [0.15, 0.2) is 5.82 Å². The number of nitrogens with zero attached hydrogens (tertiary/aromatic N) is 3. The Bertz CT molecular complexity index is 1050. The van der Waals surface area contributed by atoms with Crippen LogP contribution in [0.5, 0.6) is 0 Å². The summed E-state index contributed by atoms with van der Waals surface area (Å²) in [4.78, 5) is 4.63. The SMILES string of the molecule is CCCC1=C(c2ccccn2)C(c2cccc(C#N)c2Br)c2c[nH]nc2N1. The number of H-pyrrole nitrogens is 1. The second-order valence-electron chi connectivity index (χ2n) is 6.42. The van der Waals surface area contributed by atoms with Gasteiger partial charge >= 0.3 is 0 Å². The molecule has 0 saturated heterocycles. The van der Waals surface area contributed by atoms with Crippen molar-refractivity contribution < 1.29 is 0 Å². The molecule has 0 fully saturated rings. The summed E-state index contributed by atoms with van der Waals surface area (Å²) >= 11 is 3.66. The number of allylic oxidation sites excluding steroid dienone is 2. The molecule has 0 saturated carbocycles. The van der Waals surface area contributed by atoms with Crippen molar-refractivity contribution in [3.05, 3.63) is 81.3 Å². The molecular weight excluding hydrogens is 402 g/mol. The van der Waals surface area contributed by atoms with Crippen LogP contribution in [-0.4, -0.2) is 15.2 Å². The molecule has 2 N–H and O–H groups in total. The van der Waals surface area contributed by atoms with Crippen LogP contribution in [0.25, 0.3) is 5.57 Å². The van der Waals surface area contributed by atoms with Gasteiger partial charge in [-0.1, -0.05) is 31.5 Å². The van der Waals surface area contributed by atoms with Crippen molar-refractivity contribution in [2.24, 2.45) is 0 Å². The Morgan fingerprint density at radius 1 is 1.19 bits per heavy atom. The zero-order valence-electron chi connectivity index (χ0n) is 14.8. The Morgan fingerprint density at radius 2 is 2.07 bits per heavy atom. The van der Waals surface area contributed by atoms with E-state index in [1.54, 1.807) is 0 Å². The zero-order chi connectivity index (χ0) is 18.8. The van der Waals surface area contributed by atoms with E-state index in [0.717, 1.165) is 51.2 Å². The average Bonchev–Trinajstić information content (AvgIpc) is 3.16. The molecule has 0 bridgehead atoms. The quantitative estimate of drug-likeness (QED) is 0.608. The van der Waals surface area contributed by atoms with Crippen molar-refractivity contribution in [1.29, 1.82) is 5.26 Å². The number of nitrogens with one attached hydrogen (secondary N) is 2. The van der Waals surface area contributed by atoms with Gasteiger partial charge < -0.3 is 5.32 Å². The topological polar surface area (TPSA) is 77.4 Å². The zero-order valence-corrected chi connectivity index (χ0v) is 16.4. The van der Waals surface area contributed by atoms with Crippen LogP contribution in [-0.2, 0) is 0 Å². The van der Waals surface area contributed by atoms with Gasteiger partial charge in [0.2, 0.25) is 0 Å². The van der Waals surface area contributed by atoms with Gasteiger partial charge in [-0.25, -0.2) is 0 Å². The Labute approximate surface area is 166 Å². The number of hydrogen-bond acceptors (Lipinski definition) is 4. The monoisotopic (exact) mass is 419 g/mol. The number of aromatic amines is 1. The Hall–Kier alpha value is -2.91. The third-order valence-corrected chi connectivity index (χ3v) is 5.65. The summed E-state index contributed by atoms with van der Waals surface area (Å²) in [5.74, 6) is 0.761. The molecular formula is C21H18BrN5. The van der Waals surface area contributed by atoms with Gasteiger partial charge in [0.25, 0.3) is 0 Å². The maximum absolute atomic E-state index is 9.48. The first-order chi connectivity index (χ1) is 13.2. The number of benzene rings is 1. The predicted octanol–water partition coefficient (Wildman–Crippen LogP) is 5.21. The van der Waals surface area contributed by atoms with Crippen molar-refractivity contribution in [3.63, 3.8) is 0 Å². The minimum atomic E-state index is -0.0703. The van der Waals surface area contributed by atoms with Crippen LogP contribution in [0.1, 0.15) is 48.1 Å². The molecule has 0 spiro atoms. The summed E-state index contributed by atoms with van der Waals surface area (Å²) in [5.41, 5.74) is 5.88. The minimum absolute atomic E-state index is 0.0703. The van der Waals surface area contributed by atoms with Gasteiger partial charge in [0.05, 0.1) is 11.3 Å². The standard InChI is InChI=1S/C21H18BrN5/c1-2-6-17-19(16-9-3-4-10-24-16)18(15-12-25-27-21(15)26-17)14-8-5-7-13(11-23)20(14)22/h3-5,7-10,12,18H,2,6H2,1H3,(H2,25,26,27). The molecule has 1 atom stereocenters. The van der Waals surface area contributed by atoms with Crippen molar-refractivity contribution >= 4 is 27.3 Å². The lowest BCUT2D eigenvalue weighted by Gasteiger charge is -2.30. The molecule has 6 heteroatoms. The van der Waals surface area contributed by atoms with Crippen molar-refractivity contribution in [2.75, 3.05) is 5.32 Å². The van der Waals surface area contributed by atoms with Crippen LogP contribution in [0.2, 0.25) is 0 Å². The maximum Gasteiger partial charge on any atom is 0.156 e. The van der Waals surface area contributed by atoms with Crippen LogP contribution in [0.15, 0.2) is 59.0 Å². The van der Waals surface area contributed by atoms with Gasteiger partial charge in [-0.2, -0.15) is 10.4 Å². The first-order valence-corrected chi connectivity index (χ1v) is 9.67. The van der Waals surface area contributed by atoms with E-state index in [-0.39, 0.29) is 5.92 Å². The van der Waals surface area contributed by atoms with E-state index in [1.165, 1.54) is 0 Å². The molecule has 3 heterocycles. The summed E-state index contributed by atoms with van der Waals surface area (Å²) in [6, 6.07) is 14.0. The first-order valence-electron chi connectivity index (χ1n) is 8.88. The highest BCUT2D eigenvalue weighted by molar-refractivity contribution is 9.10. The highest BCUT2D eigenvalue weighted by Crippen LogP contribution is 2.48. The number of halogens is 1. The van der Waals surface area contributed by atoms with Crippen LogP contribution in [0.4, 0.5) is 5.82 Å². The average molecular weight is 420 g/mol. The molecule has 3 aromatic rings. The van der Waals surface area contributed by atoms with E-state index in [2.05, 4.69) is 55.5 Å². The number of hydrogen-bond donors (Lipinski definition) is 2. The molecule has 5 nitrogen and oxygen atoms in total. The van der Waals surface area contributed by atoms with E-state index >= 15 is 0 Å². The number of anilines is 1. The summed E-state index contributed by atoms with van der Waals surface area (Å²) < 4.78 is 0.816. The summed E-state index contributed by atoms with van der Waals surface area (Å²) in [5, 5.41) is 20.3. The van der Waals surface area contributed by atoms with Crippen molar-refractivity contribution in [3.8, 4) is 6.07 Å². The minimum Gasteiger partial charge on any atom is -0.342 e. The predicted molar refractivity (Wildman–Crippen MR) is 109 cm³/mol. The second-order valence-corrected chi connectivity index (χ2v) is 7.22. The Morgan fingerprint density at radius 3 is 2.81 bits per heavy atom. The highest BCUT2D eigenvalue weighted by atomic mass is 79.9. The molecule has 0 amide bonds. The summed E-state index contributed by atoms with van der Waals surface area (Å²) in [6.45, 7) is 2.16. The number of pyridine rings is 1. The van der Waals surface area contributed by atoms with E-state index in [9.17, 15) is 5.26 Å². The smallest absolute Gasteiger partial charge is 0.156 e. The van der Waals surface area contributed by atoms with Crippen LogP contribution in [0, 0.1) is 11.3 Å². The summed E-state index contributed by atoms with van der Waals surface area (Å²) in [6.07, 6.45) is 5.63. The molecule has 27 heavy (non-hydrogen) atoms. The molecule has 2 aromatic heterocycles. The lowest BCUT2D eigenvalue weighted by atomic mass is 9.80. The molecule has 4 rings (SSSR count). The van der Waals surface area contributed by atoms with Crippen molar-refractivity contribution in [1.82, 2.24) is 15.2 Å². The number of aromatic nitrogens is 3. The highest BCUT2D eigenvalue weighted by Gasteiger charge is 2.33. The van der Waals surface area contributed by atoms with Crippen LogP contribution >= 0.6 is 15.9 Å². The van der Waals surface area contributed by atoms with Crippen LogP contribution < -0.4 is 5.32 Å². The maximum atomic E-state index is 9.48. The van der Waals surface area contributed by atoms with Gasteiger partial charge in [0.1, 0.15) is 6.07 Å². The number of nitriles is 1. The molecule has 0 radical (unpaired) electrons. The van der Waals surface area contributed by atoms with Gasteiger partial charge in [-0.05, 0) is 46.1 Å². The van der Waals surface area contributed by atoms with E-state index in [1.807, 2.05) is 42.7 Å². The second kappa shape index (κ2) is 7.37. The lowest BCUT2D eigenvalue weighted by molar-refractivity contribution is 0.875. The normalized spacial score (nSPS) is 15.8. The molecule has 134 valence electrons. The van der Waals surface area contributed by atoms with Gasteiger partial charge in [-0.15, -0.1) is 0 Å². The lowest BCUT2D eigenvalue weighted by Crippen LogP contribution is -2.19. The molecule has 1 unspecified atom stereocenters. The third-order valence-electron chi connectivity index (χ3n) is 4.76. The molecule has 1 aliphatic rings. The van der Waals surface area contributed by atoms with Gasteiger partial charge in [0, 0.05) is 39.6 Å². The Balaban J connectivity index is 2.00. The molecule has 1 aliphatic heterocycles. The Kier molecular flexibility index (Phi) is 4.78. The summed E-state index contributed by atoms with van der Waals surface area (Å²) in [7, 11) is 0. The fraction of sp³-hybridized carbons (Fsp3) is 0.190. The van der Waals surface area contributed by atoms with E-state index < -0.39 is 0 Å². The number of rotatable bonds is 4. The van der Waals surface area contributed by atoms with Gasteiger partial charge in [-0.3, -0.25) is 10.1 Å². The van der Waals surface area contributed by atoms with E-state index in [4.69, 9.17) is 0 Å². The molecule has 1 aromatic carbocycles.